The van der Waals surface area contributed by atoms with Gasteiger partial charge < -0.3 is 5.32 Å². The van der Waals surface area contributed by atoms with Gasteiger partial charge in [0.2, 0.25) is 0 Å². The first-order chi connectivity index (χ1) is 5.33. The Morgan fingerprint density at radius 3 is 3.00 bits per heavy atom. The summed E-state index contributed by atoms with van der Waals surface area (Å²) in [5.74, 6) is 0. The normalized spacial score (nSPS) is 13.3. The van der Waals surface area contributed by atoms with E-state index >= 15 is 0 Å². The minimum atomic E-state index is 0.636. The largest absolute Gasteiger partial charge is 0.309 e. The van der Waals surface area contributed by atoms with Gasteiger partial charge in [-0.15, -0.1) is 11.3 Å². The number of thiophene rings is 1. The molecule has 1 N–H and O–H groups in total. The van der Waals surface area contributed by atoms with Gasteiger partial charge in [-0.05, 0) is 24.8 Å². The maximum absolute atomic E-state index is 3.45. The number of rotatable bonds is 4. The highest BCUT2D eigenvalue weighted by molar-refractivity contribution is 7.09. The highest BCUT2D eigenvalue weighted by Gasteiger charge is 1.97. The highest BCUT2D eigenvalue weighted by Crippen LogP contribution is 2.07. The standard InChI is InChI=1S/C9H15NS/c1-3-8(2)10-7-9-5-4-6-11-9/h4-6,8,10H,3,7H2,1-2H3. The fraction of sp³-hybridized carbons (Fsp3) is 0.556. The summed E-state index contributed by atoms with van der Waals surface area (Å²) in [6.07, 6.45) is 1.20. The van der Waals surface area contributed by atoms with Gasteiger partial charge in [0.1, 0.15) is 0 Å². The molecule has 0 saturated carbocycles. The van der Waals surface area contributed by atoms with E-state index < -0.39 is 0 Å². The molecule has 0 bridgehead atoms. The molecule has 1 rings (SSSR count). The fourth-order valence-electron chi connectivity index (χ4n) is 0.832. The molecule has 1 atom stereocenters. The Labute approximate surface area is 72.4 Å². The molecule has 1 heterocycles. The Morgan fingerprint density at radius 1 is 1.64 bits per heavy atom. The molecule has 0 amide bonds. The molecule has 0 aromatic carbocycles. The van der Waals surface area contributed by atoms with Gasteiger partial charge in [0.25, 0.3) is 0 Å². The molecular formula is C9H15NS. The van der Waals surface area contributed by atoms with Crippen LogP contribution in [-0.4, -0.2) is 6.04 Å². The van der Waals surface area contributed by atoms with Crippen LogP contribution >= 0.6 is 11.3 Å². The van der Waals surface area contributed by atoms with E-state index in [9.17, 15) is 0 Å². The lowest BCUT2D eigenvalue weighted by Gasteiger charge is -2.09. The lowest BCUT2D eigenvalue weighted by atomic mass is 10.2. The minimum absolute atomic E-state index is 0.636. The van der Waals surface area contributed by atoms with Crippen LogP contribution in [-0.2, 0) is 6.54 Å². The molecule has 11 heavy (non-hydrogen) atoms. The maximum Gasteiger partial charge on any atom is 0.0302 e. The molecule has 0 aliphatic rings. The SMILES string of the molecule is CCC(C)NCc1cccs1. The second-order valence-electron chi connectivity index (χ2n) is 2.77. The van der Waals surface area contributed by atoms with Crippen molar-refractivity contribution in [1.82, 2.24) is 5.32 Å². The van der Waals surface area contributed by atoms with Crippen molar-refractivity contribution < 1.29 is 0 Å². The van der Waals surface area contributed by atoms with E-state index in [2.05, 4.69) is 36.7 Å². The summed E-state index contributed by atoms with van der Waals surface area (Å²) in [5.41, 5.74) is 0. The van der Waals surface area contributed by atoms with Crippen LogP contribution in [0.5, 0.6) is 0 Å². The molecule has 0 radical (unpaired) electrons. The van der Waals surface area contributed by atoms with Crippen LogP contribution in [0.1, 0.15) is 25.1 Å². The van der Waals surface area contributed by atoms with Gasteiger partial charge in [0, 0.05) is 17.5 Å². The van der Waals surface area contributed by atoms with Gasteiger partial charge in [-0.1, -0.05) is 13.0 Å². The Kier molecular flexibility index (Phi) is 3.60. The van der Waals surface area contributed by atoms with E-state index in [1.54, 1.807) is 0 Å². The molecule has 0 fully saturated rings. The van der Waals surface area contributed by atoms with Gasteiger partial charge in [-0.3, -0.25) is 0 Å². The van der Waals surface area contributed by atoms with Crippen LogP contribution in [0.4, 0.5) is 0 Å². The molecule has 1 unspecified atom stereocenters. The zero-order chi connectivity index (χ0) is 8.10. The summed E-state index contributed by atoms with van der Waals surface area (Å²) < 4.78 is 0. The molecule has 0 aliphatic carbocycles. The van der Waals surface area contributed by atoms with Crippen molar-refractivity contribution in [3.8, 4) is 0 Å². The van der Waals surface area contributed by atoms with E-state index in [4.69, 9.17) is 0 Å². The molecular weight excluding hydrogens is 154 g/mol. The van der Waals surface area contributed by atoms with Crippen molar-refractivity contribution in [2.45, 2.75) is 32.9 Å². The van der Waals surface area contributed by atoms with Gasteiger partial charge in [0.15, 0.2) is 0 Å². The first-order valence-corrected chi connectivity index (χ1v) is 4.96. The van der Waals surface area contributed by atoms with Crippen molar-refractivity contribution in [1.29, 1.82) is 0 Å². The Bertz CT molecular complexity index is 181. The van der Waals surface area contributed by atoms with Gasteiger partial charge in [-0.2, -0.15) is 0 Å². The van der Waals surface area contributed by atoms with E-state index in [-0.39, 0.29) is 0 Å². The van der Waals surface area contributed by atoms with Crippen molar-refractivity contribution in [3.63, 3.8) is 0 Å². The topological polar surface area (TPSA) is 12.0 Å². The number of hydrogen-bond acceptors (Lipinski definition) is 2. The summed E-state index contributed by atoms with van der Waals surface area (Å²) in [6, 6.07) is 4.90. The molecule has 1 nitrogen and oxygen atoms in total. The van der Waals surface area contributed by atoms with Gasteiger partial charge in [0.05, 0.1) is 0 Å². The predicted octanol–water partition coefficient (Wildman–Crippen LogP) is 2.64. The molecule has 1 aromatic rings. The molecule has 0 saturated heterocycles. The van der Waals surface area contributed by atoms with E-state index in [1.165, 1.54) is 11.3 Å². The summed E-state index contributed by atoms with van der Waals surface area (Å²) >= 11 is 1.81. The monoisotopic (exact) mass is 169 g/mol. The van der Waals surface area contributed by atoms with Crippen molar-refractivity contribution in [2.24, 2.45) is 0 Å². The summed E-state index contributed by atoms with van der Waals surface area (Å²) in [6.45, 7) is 5.44. The average Bonchev–Trinajstić information content (AvgIpc) is 2.52. The van der Waals surface area contributed by atoms with Crippen molar-refractivity contribution in [2.75, 3.05) is 0 Å². The number of nitrogens with one attached hydrogen (secondary N) is 1. The van der Waals surface area contributed by atoms with Crippen LogP contribution in [0.15, 0.2) is 17.5 Å². The third-order valence-electron chi connectivity index (χ3n) is 1.82. The Balaban J connectivity index is 2.23. The Hall–Kier alpha value is -0.340. The first-order valence-electron chi connectivity index (χ1n) is 4.08. The highest BCUT2D eigenvalue weighted by atomic mass is 32.1. The van der Waals surface area contributed by atoms with Crippen LogP contribution in [0, 0.1) is 0 Å². The van der Waals surface area contributed by atoms with Crippen molar-refractivity contribution >= 4 is 11.3 Å². The molecule has 0 aliphatic heterocycles. The average molecular weight is 169 g/mol. The van der Waals surface area contributed by atoms with E-state index in [1.807, 2.05) is 11.3 Å². The van der Waals surface area contributed by atoms with Gasteiger partial charge >= 0.3 is 0 Å². The van der Waals surface area contributed by atoms with Crippen LogP contribution in [0.25, 0.3) is 0 Å². The third-order valence-corrected chi connectivity index (χ3v) is 2.69. The summed E-state index contributed by atoms with van der Waals surface area (Å²) in [4.78, 5) is 1.42. The minimum Gasteiger partial charge on any atom is -0.309 e. The zero-order valence-electron chi connectivity index (χ0n) is 7.13. The van der Waals surface area contributed by atoms with E-state index in [0.717, 1.165) is 6.54 Å². The second-order valence-corrected chi connectivity index (χ2v) is 3.80. The van der Waals surface area contributed by atoms with Gasteiger partial charge in [-0.25, -0.2) is 0 Å². The summed E-state index contributed by atoms with van der Waals surface area (Å²) in [7, 11) is 0. The molecule has 2 heteroatoms. The van der Waals surface area contributed by atoms with E-state index in [0.29, 0.717) is 6.04 Å². The van der Waals surface area contributed by atoms with Crippen molar-refractivity contribution in [3.05, 3.63) is 22.4 Å². The first kappa shape index (κ1) is 8.75. The third kappa shape index (κ3) is 3.04. The lowest BCUT2D eigenvalue weighted by molar-refractivity contribution is 0.537. The summed E-state index contributed by atoms with van der Waals surface area (Å²) in [5, 5.41) is 5.56. The molecule has 1 aromatic heterocycles. The zero-order valence-corrected chi connectivity index (χ0v) is 7.95. The van der Waals surface area contributed by atoms with Crippen LogP contribution < -0.4 is 5.32 Å². The van der Waals surface area contributed by atoms with Crippen LogP contribution in [0.2, 0.25) is 0 Å². The molecule has 62 valence electrons. The smallest absolute Gasteiger partial charge is 0.0302 e. The maximum atomic E-state index is 3.45. The number of hydrogen-bond donors (Lipinski definition) is 1. The molecule has 0 spiro atoms. The Morgan fingerprint density at radius 2 is 2.45 bits per heavy atom. The van der Waals surface area contributed by atoms with Crippen LogP contribution in [0.3, 0.4) is 0 Å². The predicted molar refractivity (Wildman–Crippen MR) is 50.9 cm³/mol. The second kappa shape index (κ2) is 4.52. The fourth-order valence-corrected chi connectivity index (χ4v) is 1.49. The lowest BCUT2D eigenvalue weighted by Crippen LogP contribution is -2.23. The quantitative estimate of drug-likeness (QED) is 0.730.